The highest BCUT2D eigenvalue weighted by Gasteiger charge is 2.29. The van der Waals surface area contributed by atoms with Crippen molar-refractivity contribution < 1.29 is 19.1 Å². The molecule has 1 aromatic heterocycles. The van der Waals surface area contributed by atoms with Crippen molar-refractivity contribution in [1.82, 2.24) is 14.9 Å². The van der Waals surface area contributed by atoms with E-state index in [0.29, 0.717) is 18.5 Å². The standard InChI is InChI=1S/C23H31N3O4/c1-16(11-19-14-26(15-24-19)22(29)30-5)25-21(28)18(13-20(27)23(2,3)4)12-17-9-7-6-8-10-17/h6-10,14-16,18H,11-13H2,1-5H3,(H,25,28)/t16-,18-/m1/s1. The number of benzene rings is 1. The van der Waals surface area contributed by atoms with Gasteiger partial charge in [-0.15, -0.1) is 0 Å². The van der Waals surface area contributed by atoms with Crippen LogP contribution in [0.15, 0.2) is 42.9 Å². The first-order valence-corrected chi connectivity index (χ1v) is 10.1. The quantitative estimate of drug-likeness (QED) is 0.716. The molecule has 7 heteroatoms. The summed E-state index contributed by atoms with van der Waals surface area (Å²) in [5.74, 6) is -0.548. The van der Waals surface area contributed by atoms with Crippen LogP contribution in [0.2, 0.25) is 0 Å². The lowest BCUT2D eigenvalue weighted by Crippen LogP contribution is -2.40. The van der Waals surface area contributed by atoms with Crippen molar-refractivity contribution >= 4 is 17.8 Å². The predicted molar refractivity (Wildman–Crippen MR) is 114 cm³/mol. The Bertz CT molecular complexity index is 868. The van der Waals surface area contributed by atoms with Crippen LogP contribution in [0.5, 0.6) is 0 Å². The molecule has 1 amide bonds. The summed E-state index contributed by atoms with van der Waals surface area (Å²) in [5, 5.41) is 3.00. The van der Waals surface area contributed by atoms with Crippen LogP contribution in [0.4, 0.5) is 4.79 Å². The Hall–Kier alpha value is -2.96. The van der Waals surface area contributed by atoms with Crippen LogP contribution < -0.4 is 5.32 Å². The number of rotatable bonds is 8. The Morgan fingerprint density at radius 3 is 2.40 bits per heavy atom. The van der Waals surface area contributed by atoms with E-state index in [1.807, 2.05) is 58.0 Å². The van der Waals surface area contributed by atoms with E-state index in [4.69, 9.17) is 0 Å². The minimum atomic E-state index is -0.519. The number of imidazole rings is 1. The van der Waals surface area contributed by atoms with Crippen LogP contribution in [-0.2, 0) is 27.2 Å². The number of nitrogens with zero attached hydrogens (tertiary/aromatic N) is 2. The number of amides is 1. The predicted octanol–water partition coefficient (Wildman–Crippen LogP) is 3.41. The number of methoxy groups -OCH3 is 1. The molecule has 1 aromatic carbocycles. The second-order valence-corrected chi connectivity index (χ2v) is 8.62. The Morgan fingerprint density at radius 2 is 1.80 bits per heavy atom. The number of nitrogens with one attached hydrogen (secondary N) is 1. The fourth-order valence-electron chi connectivity index (χ4n) is 3.09. The van der Waals surface area contributed by atoms with Gasteiger partial charge in [0.15, 0.2) is 0 Å². The molecule has 162 valence electrons. The zero-order chi connectivity index (χ0) is 22.3. The molecule has 7 nitrogen and oxygen atoms in total. The van der Waals surface area contributed by atoms with Gasteiger partial charge < -0.3 is 10.1 Å². The maximum atomic E-state index is 13.0. The van der Waals surface area contributed by atoms with Crippen molar-refractivity contribution in [2.75, 3.05) is 7.11 Å². The molecular formula is C23H31N3O4. The van der Waals surface area contributed by atoms with Crippen LogP contribution in [0, 0.1) is 11.3 Å². The van der Waals surface area contributed by atoms with Crippen molar-refractivity contribution in [3.05, 3.63) is 54.1 Å². The van der Waals surface area contributed by atoms with Gasteiger partial charge in [-0.2, -0.15) is 0 Å². The Morgan fingerprint density at radius 1 is 1.13 bits per heavy atom. The van der Waals surface area contributed by atoms with Gasteiger partial charge in [0.1, 0.15) is 12.1 Å². The molecule has 0 aliphatic carbocycles. The molecule has 1 N–H and O–H groups in total. The van der Waals surface area contributed by atoms with Crippen LogP contribution in [0.25, 0.3) is 0 Å². The molecule has 30 heavy (non-hydrogen) atoms. The summed E-state index contributed by atoms with van der Waals surface area (Å²) in [5.41, 5.74) is 1.18. The third-order valence-corrected chi connectivity index (χ3v) is 4.89. The second-order valence-electron chi connectivity index (χ2n) is 8.62. The highest BCUT2D eigenvalue weighted by Crippen LogP contribution is 2.22. The molecular weight excluding hydrogens is 382 g/mol. The summed E-state index contributed by atoms with van der Waals surface area (Å²) in [4.78, 5) is 41.3. The maximum Gasteiger partial charge on any atom is 0.418 e. The number of carbonyl (C=O) groups is 3. The van der Waals surface area contributed by atoms with Gasteiger partial charge in [0, 0.05) is 36.4 Å². The number of aromatic nitrogens is 2. The molecule has 2 atom stereocenters. The largest absolute Gasteiger partial charge is 0.452 e. The van der Waals surface area contributed by atoms with Gasteiger partial charge in [-0.1, -0.05) is 51.1 Å². The molecule has 2 rings (SSSR count). The van der Waals surface area contributed by atoms with Crippen LogP contribution in [0.3, 0.4) is 0 Å². The molecule has 0 spiro atoms. The number of ketones is 1. The second kappa shape index (κ2) is 10.2. The molecule has 1 heterocycles. The number of Topliss-reactive ketones (excluding diaryl/α,β-unsaturated/α-hetero) is 1. The highest BCUT2D eigenvalue weighted by molar-refractivity contribution is 5.89. The van der Waals surface area contributed by atoms with Crippen molar-refractivity contribution in [2.45, 2.75) is 53.0 Å². The first-order valence-electron chi connectivity index (χ1n) is 10.1. The average molecular weight is 414 g/mol. The molecule has 0 fully saturated rings. The molecule has 0 bridgehead atoms. The van der Waals surface area contributed by atoms with Gasteiger partial charge in [-0.25, -0.2) is 14.3 Å². The Balaban J connectivity index is 2.05. The molecule has 2 aromatic rings. The van der Waals surface area contributed by atoms with Crippen molar-refractivity contribution in [1.29, 1.82) is 0 Å². The van der Waals surface area contributed by atoms with E-state index in [9.17, 15) is 14.4 Å². The van der Waals surface area contributed by atoms with Crippen LogP contribution in [0.1, 0.15) is 45.4 Å². The number of hydrogen-bond acceptors (Lipinski definition) is 5. The first-order chi connectivity index (χ1) is 14.1. The molecule has 0 aliphatic heterocycles. The van der Waals surface area contributed by atoms with E-state index in [0.717, 1.165) is 5.56 Å². The van der Waals surface area contributed by atoms with Gasteiger partial charge in [-0.3, -0.25) is 9.59 Å². The van der Waals surface area contributed by atoms with Crippen LogP contribution >= 0.6 is 0 Å². The fourth-order valence-corrected chi connectivity index (χ4v) is 3.09. The normalized spacial score (nSPS) is 13.4. The van der Waals surface area contributed by atoms with E-state index in [1.54, 1.807) is 6.20 Å². The summed E-state index contributed by atoms with van der Waals surface area (Å²) < 4.78 is 5.91. The lowest BCUT2D eigenvalue weighted by Gasteiger charge is -2.23. The van der Waals surface area contributed by atoms with E-state index in [2.05, 4.69) is 15.0 Å². The van der Waals surface area contributed by atoms with E-state index < -0.39 is 17.4 Å². The molecule has 0 radical (unpaired) electrons. The molecule has 0 saturated heterocycles. The number of carbonyl (C=O) groups excluding carboxylic acids is 3. The first kappa shape index (κ1) is 23.3. The van der Waals surface area contributed by atoms with Crippen LogP contribution in [-0.4, -0.2) is 40.5 Å². The van der Waals surface area contributed by atoms with Gasteiger partial charge in [-0.05, 0) is 18.9 Å². The fraction of sp³-hybridized carbons (Fsp3) is 0.478. The van der Waals surface area contributed by atoms with Crippen molar-refractivity contribution in [2.24, 2.45) is 11.3 Å². The summed E-state index contributed by atoms with van der Waals surface area (Å²) in [6.07, 6.45) is 3.59. The molecule has 0 saturated carbocycles. The topological polar surface area (TPSA) is 90.3 Å². The Labute approximate surface area is 177 Å². The van der Waals surface area contributed by atoms with Crippen molar-refractivity contribution in [3.63, 3.8) is 0 Å². The zero-order valence-corrected chi connectivity index (χ0v) is 18.3. The van der Waals surface area contributed by atoms with Gasteiger partial charge >= 0.3 is 6.09 Å². The lowest BCUT2D eigenvalue weighted by atomic mass is 9.83. The van der Waals surface area contributed by atoms with E-state index >= 15 is 0 Å². The zero-order valence-electron chi connectivity index (χ0n) is 18.3. The van der Waals surface area contributed by atoms with E-state index in [-0.39, 0.29) is 24.2 Å². The minimum Gasteiger partial charge on any atom is -0.452 e. The number of ether oxygens (including phenoxy) is 1. The minimum absolute atomic E-state index is 0.0584. The third kappa shape index (κ3) is 6.83. The smallest absolute Gasteiger partial charge is 0.418 e. The number of hydrogen-bond donors (Lipinski definition) is 1. The summed E-state index contributed by atoms with van der Waals surface area (Å²) in [6, 6.07) is 9.50. The van der Waals surface area contributed by atoms with Gasteiger partial charge in [0.25, 0.3) is 0 Å². The highest BCUT2D eigenvalue weighted by atomic mass is 16.5. The summed E-state index contributed by atoms with van der Waals surface area (Å²) >= 11 is 0. The molecule has 0 aliphatic rings. The monoisotopic (exact) mass is 413 g/mol. The lowest BCUT2D eigenvalue weighted by molar-refractivity contribution is -0.133. The SMILES string of the molecule is COC(=O)n1cnc(C[C@@H](C)NC(=O)[C@@H](CC(=O)C(C)(C)C)Cc2ccccc2)c1. The van der Waals surface area contributed by atoms with Gasteiger partial charge in [0.05, 0.1) is 12.8 Å². The van der Waals surface area contributed by atoms with Crippen molar-refractivity contribution in [3.8, 4) is 0 Å². The van der Waals surface area contributed by atoms with E-state index in [1.165, 1.54) is 18.0 Å². The average Bonchev–Trinajstić information content (AvgIpc) is 3.15. The molecule has 0 unspecified atom stereocenters. The summed E-state index contributed by atoms with van der Waals surface area (Å²) in [6.45, 7) is 7.48. The third-order valence-electron chi connectivity index (χ3n) is 4.89. The maximum absolute atomic E-state index is 13.0. The Kier molecular flexibility index (Phi) is 7.92. The summed E-state index contributed by atoms with van der Waals surface area (Å²) in [7, 11) is 1.30. The van der Waals surface area contributed by atoms with Gasteiger partial charge in [0.2, 0.25) is 5.91 Å².